The topological polar surface area (TPSA) is 9.23 Å². The average Bonchev–Trinajstić information content (AvgIpc) is 2.40. The van der Waals surface area contributed by atoms with Gasteiger partial charge < -0.3 is 4.74 Å². The highest BCUT2D eigenvalue weighted by Gasteiger charge is 2.28. The number of thioether (sulfide) groups is 2. The normalized spacial score (nSPS) is 11.3. The smallest absolute Gasteiger partial charge is 0.446 e. The van der Waals surface area contributed by atoms with E-state index in [1.165, 1.54) is 23.9 Å². The Kier molecular flexibility index (Phi) is 5.25. The Hall–Kier alpha value is -1.27. The number of rotatable bonds is 5. The molecule has 0 heterocycles. The van der Waals surface area contributed by atoms with Crippen LogP contribution in [0.15, 0.2) is 64.4 Å². The first-order valence-electron chi connectivity index (χ1n) is 5.69. The third-order valence-corrected chi connectivity index (χ3v) is 3.83. The van der Waals surface area contributed by atoms with Crippen LogP contribution in [0.5, 0.6) is 5.75 Å². The van der Waals surface area contributed by atoms with Crippen LogP contribution in [-0.4, -0.2) is 11.4 Å². The highest BCUT2D eigenvalue weighted by atomic mass is 32.2. The fraction of sp³-hybridized carbons (Fsp3) is 0.143. The number of hydrogen-bond donors (Lipinski definition) is 0. The summed E-state index contributed by atoms with van der Waals surface area (Å²) in [5.41, 5.74) is -4.26. The molecule has 1 nitrogen and oxygen atoms in total. The lowest BCUT2D eigenvalue weighted by Crippen LogP contribution is -1.99. The summed E-state index contributed by atoms with van der Waals surface area (Å²) >= 11 is 1.39. The minimum atomic E-state index is -4.26. The zero-order chi connectivity index (χ0) is 14.4. The van der Waals surface area contributed by atoms with E-state index in [0.29, 0.717) is 11.7 Å². The molecule has 0 unspecified atom stereocenters. The predicted octanol–water partition coefficient (Wildman–Crippen LogP) is 5.43. The molecule has 0 spiro atoms. The van der Waals surface area contributed by atoms with Crippen LogP contribution in [0.4, 0.5) is 13.2 Å². The summed E-state index contributed by atoms with van der Waals surface area (Å²) in [4.78, 5) is 1.23. The Morgan fingerprint density at radius 2 is 1.50 bits per heavy atom. The van der Waals surface area contributed by atoms with Crippen LogP contribution in [0.3, 0.4) is 0 Å². The van der Waals surface area contributed by atoms with Crippen molar-refractivity contribution in [2.45, 2.75) is 15.3 Å². The first-order valence-corrected chi connectivity index (χ1v) is 7.49. The Morgan fingerprint density at radius 3 is 2.10 bits per heavy atom. The molecule has 2 aromatic rings. The van der Waals surface area contributed by atoms with Crippen molar-refractivity contribution in [1.29, 1.82) is 0 Å². The first-order chi connectivity index (χ1) is 9.53. The molecule has 0 amide bonds. The van der Waals surface area contributed by atoms with Gasteiger partial charge in [-0.2, -0.15) is 13.2 Å². The van der Waals surface area contributed by atoms with Crippen molar-refractivity contribution >= 4 is 23.5 Å². The van der Waals surface area contributed by atoms with Gasteiger partial charge in [-0.25, -0.2) is 0 Å². The maximum atomic E-state index is 12.2. The van der Waals surface area contributed by atoms with E-state index >= 15 is 0 Å². The molecule has 0 radical (unpaired) electrons. The fourth-order valence-corrected chi connectivity index (χ4v) is 2.64. The van der Waals surface area contributed by atoms with Gasteiger partial charge in [0.25, 0.3) is 0 Å². The summed E-state index contributed by atoms with van der Waals surface area (Å²) in [5.74, 6) is 0.968. The van der Waals surface area contributed by atoms with Crippen molar-refractivity contribution in [1.82, 2.24) is 0 Å². The number of alkyl halides is 3. The molecule has 6 heteroatoms. The Balaban J connectivity index is 1.82. The Bertz CT molecular complexity index is 526. The second-order valence-corrected chi connectivity index (χ2v) is 5.87. The molecule has 0 atom stereocenters. The molecule has 0 aliphatic heterocycles. The van der Waals surface area contributed by atoms with E-state index in [1.54, 1.807) is 12.1 Å². The van der Waals surface area contributed by atoms with Crippen molar-refractivity contribution in [2.24, 2.45) is 0 Å². The zero-order valence-electron chi connectivity index (χ0n) is 10.3. The lowest BCUT2D eigenvalue weighted by molar-refractivity contribution is -0.0328. The maximum Gasteiger partial charge on any atom is 0.446 e. The van der Waals surface area contributed by atoms with Gasteiger partial charge in [0.1, 0.15) is 11.7 Å². The zero-order valence-corrected chi connectivity index (χ0v) is 11.9. The molecular weight excluding hydrogens is 305 g/mol. The lowest BCUT2D eigenvalue weighted by atomic mass is 10.3. The van der Waals surface area contributed by atoms with Gasteiger partial charge in [-0.3, -0.25) is 0 Å². The van der Waals surface area contributed by atoms with E-state index in [9.17, 15) is 13.2 Å². The molecule has 0 saturated heterocycles. The third kappa shape index (κ3) is 5.38. The first kappa shape index (κ1) is 15.1. The molecule has 2 aromatic carbocycles. The molecule has 20 heavy (non-hydrogen) atoms. The molecule has 0 aliphatic rings. The van der Waals surface area contributed by atoms with E-state index in [0.717, 1.165) is 4.90 Å². The van der Waals surface area contributed by atoms with E-state index < -0.39 is 5.51 Å². The van der Waals surface area contributed by atoms with Crippen LogP contribution in [0.1, 0.15) is 0 Å². The minimum Gasteiger partial charge on any atom is -0.483 e. The van der Waals surface area contributed by atoms with Crippen LogP contribution in [0.25, 0.3) is 0 Å². The summed E-state index contributed by atoms with van der Waals surface area (Å²) < 4.78 is 41.9. The van der Waals surface area contributed by atoms with Crippen molar-refractivity contribution in [3.05, 3.63) is 54.6 Å². The molecule has 0 N–H and O–H groups in total. The van der Waals surface area contributed by atoms with Crippen molar-refractivity contribution in [3.8, 4) is 5.75 Å². The Morgan fingerprint density at radius 1 is 0.850 bits per heavy atom. The lowest BCUT2D eigenvalue weighted by Gasteiger charge is -2.08. The molecule has 106 valence electrons. The molecular formula is C14H11F3OS2. The summed E-state index contributed by atoms with van der Waals surface area (Å²) in [7, 11) is 0. The van der Waals surface area contributed by atoms with Crippen molar-refractivity contribution in [3.63, 3.8) is 0 Å². The van der Waals surface area contributed by atoms with Crippen LogP contribution in [0.2, 0.25) is 0 Å². The standard InChI is InChI=1S/C14H11F3OS2/c15-14(16,17)20-13-8-6-11(7-9-13)18-10-19-12-4-2-1-3-5-12/h1-9H,10H2. The number of hydrogen-bond acceptors (Lipinski definition) is 3. The van der Waals surface area contributed by atoms with Crippen LogP contribution >= 0.6 is 23.5 Å². The summed E-state index contributed by atoms with van der Waals surface area (Å²) in [6, 6.07) is 15.6. The van der Waals surface area contributed by atoms with Crippen LogP contribution in [-0.2, 0) is 0 Å². The van der Waals surface area contributed by atoms with E-state index in [2.05, 4.69) is 0 Å². The quantitative estimate of drug-likeness (QED) is 0.538. The SMILES string of the molecule is FC(F)(F)Sc1ccc(OCSc2ccccc2)cc1. The van der Waals surface area contributed by atoms with Gasteiger partial charge >= 0.3 is 5.51 Å². The average molecular weight is 316 g/mol. The van der Waals surface area contributed by atoms with E-state index in [4.69, 9.17) is 4.74 Å². The fourth-order valence-electron chi connectivity index (χ4n) is 1.42. The van der Waals surface area contributed by atoms with Gasteiger partial charge in [-0.15, -0.1) is 0 Å². The highest BCUT2D eigenvalue weighted by Crippen LogP contribution is 2.37. The third-order valence-electron chi connectivity index (χ3n) is 2.25. The van der Waals surface area contributed by atoms with E-state index in [1.807, 2.05) is 30.3 Å². The monoisotopic (exact) mass is 316 g/mol. The predicted molar refractivity (Wildman–Crippen MR) is 76.1 cm³/mol. The summed E-state index contributed by atoms with van der Waals surface area (Å²) in [6.45, 7) is 0. The Labute approximate surface area is 123 Å². The summed E-state index contributed by atoms with van der Waals surface area (Å²) in [5, 5.41) is 0. The highest BCUT2D eigenvalue weighted by molar-refractivity contribution is 8.00. The van der Waals surface area contributed by atoms with Gasteiger partial charge in [0.05, 0.1) is 0 Å². The molecule has 0 bridgehead atoms. The van der Waals surface area contributed by atoms with Gasteiger partial charge in [-0.05, 0) is 48.2 Å². The molecule has 0 saturated carbocycles. The summed E-state index contributed by atoms with van der Waals surface area (Å²) in [6.07, 6.45) is 0. The largest absolute Gasteiger partial charge is 0.483 e. The van der Waals surface area contributed by atoms with E-state index in [-0.39, 0.29) is 16.7 Å². The van der Waals surface area contributed by atoms with Crippen LogP contribution in [0, 0.1) is 0 Å². The van der Waals surface area contributed by atoms with Crippen molar-refractivity contribution in [2.75, 3.05) is 5.94 Å². The number of halogens is 3. The molecule has 0 aromatic heterocycles. The second kappa shape index (κ2) is 6.95. The van der Waals surface area contributed by atoms with Gasteiger partial charge in [0, 0.05) is 9.79 Å². The van der Waals surface area contributed by atoms with Gasteiger partial charge in [0.15, 0.2) is 0 Å². The molecule has 0 fully saturated rings. The van der Waals surface area contributed by atoms with Gasteiger partial charge in [-0.1, -0.05) is 30.0 Å². The minimum absolute atomic E-state index is 0.131. The number of benzene rings is 2. The second-order valence-electron chi connectivity index (χ2n) is 3.74. The van der Waals surface area contributed by atoms with Gasteiger partial charge in [0.2, 0.25) is 0 Å². The number of ether oxygens (including phenoxy) is 1. The van der Waals surface area contributed by atoms with Crippen molar-refractivity contribution < 1.29 is 17.9 Å². The molecule has 2 rings (SSSR count). The maximum absolute atomic E-state index is 12.2. The van der Waals surface area contributed by atoms with Crippen LogP contribution < -0.4 is 4.74 Å². The molecule has 0 aliphatic carbocycles.